The number of rotatable bonds is 8. The highest BCUT2D eigenvalue weighted by atomic mass is 16.6. The first kappa shape index (κ1) is 19.0. The highest BCUT2D eigenvalue weighted by Gasteiger charge is 2.08. The van der Waals surface area contributed by atoms with Gasteiger partial charge >= 0.3 is 6.09 Å². The Morgan fingerprint density at radius 1 is 1.23 bits per heavy atom. The maximum Gasteiger partial charge on any atom is 0.407 e. The van der Waals surface area contributed by atoms with Crippen LogP contribution in [0, 0.1) is 10.1 Å². The molecule has 2 aromatic carbocycles. The van der Waals surface area contributed by atoms with Gasteiger partial charge in [-0.1, -0.05) is 42.5 Å². The number of carbonyl (C=O) groups excluding carboxylic acids is 1. The second-order valence-corrected chi connectivity index (χ2v) is 5.40. The molecule has 1 N–H and O–H groups in total. The molecule has 0 bridgehead atoms. The average molecular weight is 356 g/mol. The van der Waals surface area contributed by atoms with E-state index in [-0.39, 0.29) is 12.3 Å². The van der Waals surface area contributed by atoms with Crippen LogP contribution < -0.4 is 10.1 Å². The third-order valence-corrected chi connectivity index (χ3v) is 3.46. The number of hydrogen-bond donors (Lipinski definition) is 1. The van der Waals surface area contributed by atoms with E-state index in [1.165, 1.54) is 19.2 Å². The number of methoxy groups -OCH3 is 1. The fourth-order valence-electron chi connectivity index (χ4n) is 2.18. The number of non-ortho nitro benzene ring substituents is 1. The van der Waals surface area contributed by atoms with Crippen molar-refractivity contribution in [2.75, 3.05) is 13.7 Å². The fourth-order valence-corrected chi connectivity index (χ4v) is 2.18. The predicted molar refractivity (Wildman–Crippen MR) is 97.9 cm³/mol. The predicted octanol–water partition coefficient (Wildman–Crippen LogP) is 3.93. The summed E-state index contributed by atoms with van der Waals surface area (Å²) in [5.41, 5.74) is 1.54. The minimum atomic E-state index is -0.487. The first-order valence-electron chi connectivity index (χ1n) is 8.03. The van der Waals surface area contributed by atoms with Crippen molar-refractivity contribution in [3.63, 3.8) is 0 Å². The molecule has 0 spiro atoms. The maximum absolute atomic E-state index is 11.6. The van der Waals surface area contributed by atoms with Gasteiger partial charge in [0.25, 0.3) is 5.69 Å². The summed E-state index contributed by atoms with van der Waals surface area (Å²) < 4.78 is 10.2. The number of nitro groups is 1. The topological polar surface area (TPSA) is 90.7 Å². The molecule has 26 heavy (non-hydrogen) atoms. The van der Waals surface area contributed by atoms with Crippen LogP contribution in [0.5, 0.6) is 5.75 Å². The standard InChI is InChI=1S/C19H20N2O5/c1-25-18-12-16(11-17(13-18)21(23)24)9-5-6-10-20-19(22)26-14-15-7-3-2-4-8-15/h2-5,7-9,11-13H,6,10,14H2,1H3,(H,20,22). The number of hydrogen-bond acceptors (Lipinski definition) is 5. The zero-order chi connectivity index (χ0) is 18.8. The Balaban J connectivity index is 1.76. The molecule has 0 aromatic heterocycles. The molecule has 2 aromatic rings. The molecule has 7 nitrogen and oxygen atoms in total. The second kappa shape index (κ2) is 9.83. The van der Waals surface area contributed by atoms with E-state index in [4.69, 9.17) is 9.47 Å². The van der Waals surface area contributed by atoms with Crippen LogP contribution in [0.3, 0.4) is 0 Å². The first-order chi connectivity index (χ1) is 12.6. The molecule has 0 atom stereocenters. The Kier molecular flexibility index (Phi) is 7.17. The van der Waals surface area contributed by atoms with Crippen molar-refractivity contribution < 1.29 is 19.2 Å². The Morgan fingerprint density at radius 2 is 2.00 bits per heavy atom. The highest BCUT2D eigenvalue weighted by molar-refractivity contribution is 5.67. The molecular weight excluding hydrogens is 336 g/mol. The summed E-state index contributed by atoms with van der Waals surface area (Å²) in [6, 6.07) is 13.9. The molecule has 7 heteroatoms. The van der Waals surface area contributed by atoms with Gasteiger partial charge < -0.3 is 14.8 Å². The lowest BCUT2D eigenvalue weighted by molar-refractivity contribution is -0.384. The summed E-state index contributed by atoms with van der Waals surface area (Å²) in [6.45, 7) is 0.617. The third-order valence-electron chi connectivity index (χ3n) is 3.46. The second-order valence-electron chi connectivity index (χ2n) is 5.40. The molecule has 0 saturated carbocycles. The molecule has 0 heterocycles. The molecule has 0 aliphatic carbocycles. The summed E-state index contributed by atoms with van der Waals surface area (Å²) in [6.07, 6.45) is 3.63. The van der Waals surface area contributed by atoms with Crippen molar-refractivity contribution >= 4 is 17.9 Å². The Morgan fingerprint density at radius 3 is 2.69 bits per heavy atom. The van der Waals surface area contributed by atoms with Gasteiger partial charge in [-0.15, -0.1) is 0 Å². The van der Waals surface area contributed by atoms with Crippen LogP contribution in [0.2, 0.25) is 0 Å². The lowest BCUT2D eigenvalue weighted by Gasteiger charge is -2.06. The van der Waals surface area contributed by atoms with Crippen molar-refractivity contribution in [3.8, 4) is 5.75 Å². The van der Waals surface area contributed by atoms with Crippen LogP contribution in [0.4, 0.5) is 10.5 Å². The van der Waals surface area contributed by atoms with Gasteiger partial charge in [-0.05, 0) is 23.6 Å². The van der Waals surface area contributed by atoms with Crippen LogP contribution in [-0.2, 0) is 11.3 Å². The van der Waals surface area contributed by atoms with Gasteiger partial charge in [0.2, 0.25) is 0 Å². The van der Waals surface area contributed by atoms with Gasteiger partial charge in [0.15, 0.2) is 0 Å². The van der Waals surface area contributed by atoms with Crippen molar-refractivity contribution in [1.82, 2.24) is 5.32 Å². The minimum absolute atomic E-state index is 0.0355. The van der Waals surface area contributed by atoms with E-state index in [0.717, 1.165) is 5.56 Å². The van der Waals surface area contributed by atoms with Crippen molar-refractivity contribution in [2.45, 2.75) is 13.0 Å². The number of carbonyl (C=O) groups is 1. The molecule has 0 aliphatic rings. The fraction of sp³-hybridized carbons (Fsp3) is 0.211. The van der Waals surface area contributed by atoms with E-state index < -0.39 is 11.0 Å². The van der Waals surface area contributed by atoms with E-state index in [1.54, 1.807) is 12.1 Å². The van der Waals surface area contributed by atoms with Crippen molar-refractivity contribution in [3.05, 3.63) is 75.8 Å². The zero-order valence-corrected chi connectivity index (χ0v) is 14.4. The van der Waals surface area contributed by atoms with Crippen molar-refractivity contribution in [1.29, 1.82) is 0 Å². The van der Waals surface area contributed by atoms with Crippen molar-refractivity contribution in [2.24, 2.45) is 0 Å². The van der Waals surface area contributed by atoms with Crippen LogP contribution >= 0.6 is 0 Å². The lowest BCUT2D eigenvalue weighted by Crippen LogP contribution is -2.24. The smallest absolute Gasteiger partial charge is 0.407 e. The molecule has 1 amide bonds. The van der Waals surface area contributed by atoms with Crippen LogP contribution in [-0.4, -0.2) is 24.7 Å². The number of nitrogens with zero attached hydrogens (tertiary/aromatic N) is 1. The van der Waals surface area contributed by atoms with E-state index >= 15 is 0 Å². The van der Waals surface area contributed by atoms with E-state index in [0.29, 0.717) is 24.3 Å². The van der Waals surface area contributed by atoms with Gasteiger partial charge in [-0.3, -0.25) is 10.1 Å². The normalized spacial score (nSPS) is 10.5. The van der Waals surface area contributed by atoms with Crippen LogP contribution in [0.15, 0.2) is 54.6 Å². The Hall–Kier alpha value is -3.35. The van der Waals surface area contributed by atoms with Crippen LogP contribution in [0.1, 0.15) is 17.5 Å². The molecule has 0 fully saturated rings. The number of nitrogens with one attached hydrogen (secondary N) is 1. The average Bonchev–Trinajstić information content (AvgIpc) is 2.66. The van der Waals surface area contributed by atoms with Gasteiger partial charge in [0.1, 0.15) is 12.4 Å². The monoisotopic (exact) mass is 356 g/mol. The molecule has 0 unspecified atom stereocenters. The van der Waals surface area contributed by atoms with Gasteiger partial charge in [-0.25, -0.2) is 4.79 Å². The molecule has 0 aliphatic heterocycles. The van der Waals surface area contributed by atoms with Gasteiger partial charge in [0, 0.05) is 12.6 Å². The Bertz CT molecular complexity index is 775. The summed E-state index contributed by atoms with van der Waals surface area (Å²) in [5, 5.41) is 13.5. The number of benzene rings is 2. The maximum atomic E-state index is 11.6. The largest absolute Gasteiger partial charge is 0.496 e. The zero-order valence-electron chi connectivity index (χ0n) is 14.4. The third kappa shape index (κ3) is 6.27. The van der Waals surface area contributed by atoms with E-state index in [1.807, 2.05) is 36.4 Å². The molecule has 2 rings (SSSR count). The lowest BCUT2D eigenvalue weighted by atomic mass is 10.1. The first-order valence-corrected chi connectivity index (χ1v) is 8.03. The van der Waals surface area contributed by atoms with Gasteiger partial charge in [-0.2, -0.15) is 0 Å². The summed E-state index contributed by atoms with van der Waals surface area (Å²) in [7, 11) is 1.46. The SMILES string of the molecule is COc1cc(C=CCCNC(=O)OCc2ccccc2)cc([N+](=O)[O-])c1. The number of alkyl carbamates (subject to hydrolysis) is 1. The summed E-state index contributed by atoms with van der Waals surface area (Å²) in [5.74, 6) is 0.418. The quantitative estimate of drug-likeness (QED) is 0.439. The molecule has 0 saturated heterocycles. The van der Waals surface area contributed by atoms with E-state index in [2.05, 4.69) is 5.32 Å². The number of amides is 1. The van der Waals surface area contributed by atoms with Crippen LogP contribution in [0.25, 0.3) is 6.08 Å². The van der Waals surface area contributed by atoms with E-state index in [9.17, 15) is 14.9 Å². The number of nitro benzene ring substituents is 1. The minimum Gasteiger partial charge on any atom is -0.496 e. The number of ether oxygens (including phenoxy) is 2. The molecular formula is C19H20N2O5. The highest BCUT2D eigenvalue weighted by Crippen LogP contribution is 2.23. The molecule has 136 valence electrons. The summed E-state index contributed by atoms with van der Waals surface area (Å²) >= 11 is 0. The van der Waals surface area contributed by atoms with Gasteiger partial charge in [0.05, 0.1) is 18.1 Å². The molecule has 0 radical (unpaired) electrons. The Labute approximate surface area is 151 Å². The summed E-state index contributed by atoms with van der Waals surface area (Å²) in [4.78, 5) is 22.0.